The van der Waals surface area contributed by atoms with Crippen molar-refractivity contribution in [2.24, 2.45) is 5.41 Å². The van der Waals surface area contributed by atoms with Crippen LogP contribution in [0, 0.1) is 5.41 Å². The minimum atomic E-state index is -3.26. The molecular weight excluding hydrogens is 284 g/mol. The van der Waals surface area contributed by atoms with Gasteiger partial charge in [0, 0.05) is 30.3 Å². The van der Waals surface area contributed by atoms with E-state index in [1.165, 1.54) is 19.1 Å². The minimum absolute atomic E-state index is 0.0772. The maximum Gasteiger partial charge on any atom is 0.179 e. The number of nitrogens with zero attached hydrogens (tertiary/aromatic N) is 1. The Morgan fingerprint density at radius 3 is 2.68 bits per heavy atom. The Bertz CT molecular complexity index is 539. The fourth-order valence-corrected chi connectivity index (χ4v) is 3.74. The molecule has 0 amide bonds. The maximum absolute atomic E-state index is 11.7. The quantitative estimate of drug-likeness (QED) is 0.850. The average Bonchev–Trinajstić information content (AvgIpc) is 2.85. The third-order valence-electron chi connectivity index (χ3n) is 3.75. The number of aromatic nitrogens is 1. The van der Waals surface area contributed by atoms with Gasteiger partial charge in [0.15, 0.2) is 9.84 Å². The first-order chi connectivity index (χ1) is 8.97. The molecule has 1 aliphatic rings. The summed E-state index contributed by atoms with van der Waals surface area (Å²) in [5, 5.41) is 3.18. The molecule has 1 aromatic rings. The van der Waals surface area contributed by atoms with Crippen LogP contribution in [0.5, 0.6) is 0 Å². The molecular formula is C13H19ClN2O2S. The first kappa shape index (κ1) is 14.6. The number of hydrogen-bond acceptors (Lipinski definition) is 4. The molecule has 0 atom stereocenters. The van der Waals surface area contributed by atoms with E-state index in [9.17, 15) is 8.42 Å². The highest BCUT2D eigenvalue weighted by Crippen LogP contribution is 2.39. The standard InChI is InChI=1S/C13H19ClN2O2S/c1-19(17,18)11-5-4-8-15-12(11)16-10-13(9-14)6-2-3-7-13/h4-5,8H,2-3,6-7,9-10H2,1H3,(H,15,16). The highest BCUT2D eigenvalue weighted by molar-refractivity contribution is 7.90. The lowest BCUT2D eigenvalue weighted by atomic mass is 9.88. The molecule has 4 nitrogen and oxygen atoms in total. The highest BCUT2D eigenvalue weighted by atomic mass is 35.5. The van der Waals surface area contributed by atoms with Crippen LogP contribution >= 0.6 is 11.6 Å². The zero-order valence-corrected chi connectivity index (χ0v) is 12.6. The van der Waals surface area contributed by atoms with Crippen LogP contribution in [0.2, 0.25) is 0 Å². The normalized spacial score (nSPS) is 18.4. The zero-order valence-electron chi connectivity index (χ0n) is 11.0. The molecule has 0 bridgehead atoms. The Kier molecular flexibility index (Phi) is 4.36. The number of nitrogens with one attached hydrogen (secondary N) is 1. The molecule has 1 heterocycles. The van der Waals surface area contributed by atoms with Gasteiger partial charge in [-0.1, -0.05) is 12.8 Å². The predicted octanol–water partition coefficient (Wildman–Crippen LogP) is 2.70. The molecule has 1 fully saturated rings. The van der Waals surface area contributed by atoms with Crippen molar-refractivity contribution in [2.45, 2.75) is 30.6 Å². The first-order valence-electron chi connectivity index (χ1n) is 6.42. The Morgan fingerprint density at radius 1 is 1.42 bits per heavy atom. The van der Waals surface area contributed by atoms with Gasteiger partial charge in [-0.25, -0.2) is 13.4 Å². The summed E-state index contributed by atoms with van der Waals surface area (Å²) in [5.74, 6) is 1.03. The first-order valence-corrected chi connectivity index (χ1v) is 8.84. The van der Waals surface area contributed by atoms with Crippen LogP contribution in [-0.2, 0) is 9.84 Å². The molecule has 0 saturated heterocycles. The predicted molar refractivity (Wildman–Crippen MR) is 77.5 cm³/mol. The van der Waals surface area contributed by atoms with Crippen molar-refractivity contribution >= 4 is 27.3 Å². The summed E-state index contributed by atoms with van der Waals surface area (Å²) in [6.45, 7) is 0.677. The summed E-state index contributed by atoms with van der Waals surface area (Å²) in [5.41, 5.74) is 0.0772. The molecule has 1 saturated carbocycles. The van der Waals surface area contributed by atoms with Gasteiger partial charge in [-0.15, -0.1) is 11.6 Å². The summed E-state index contributed by atoms with van der Waals surface area (Å²) in [4.78, 5) is 4.39. The summed E-state index contributed by atoms with van der Waals surface area (Å²) < 4.78 is 23.4. The minimum Gasteiger partial charge on any atom is -0.368 e. The maximum atomic E-state index is 11.7. The summed E-state index contributed by atoms with van der Waals surface area (Å²) in [6, 6.07) is 3.21. The van der Waals surface area contributed by atoms with Crippen LogP contribution in [0.1, 0.15) is 25.7 Å². The second-order valence-corrected chi connectivity index (χ2v) is 7.57. The monoisotopic (exact) mass is 302 g/mol. The largest absolute Gasteiger partial charge is 0.368 e. The molecule has 1 aliphatic carbocycles. The van der Waals surface area contributed by atoms with Crippen LogP contribution < -0.4 is 5.32 Å². The van der Waals surface area contributed by atoms with E-state index >= 15 is 0 Å². The number of anilines is 1. The fraction of sp³-hybridized carbons (Fsp3) is 0.615. The van der Waals surface area contributed by atoms with Gasteiger partial charge in [0.1, 0.15) is 10.7 Å². The molecule has 2 rings (SSSR count). The van der Waals surface area contributed by atoms with E-state index in [0.29, 0.717) is 18.2 Å². The van der Waals surface area contributed by atoms with E-state index < -0.39 is 9.84 Å². The van der Waals surface area contributed by atoms with Crippen molar-refractivity contribution in [1.82, 2.24) is 4.98 Å². The van der Waals surface area contributed by atoms with E-state index in [4.69, 9.17) is 11.6 Å². The molecule has 19 heavy (non-hydrogen) atoms. The van der Waals surface area contributed by atoms with E-state index in [0.717, 1.165) is 12.8 Å². The van der Waals surface area contributed by atoms with Gasteiger partial charge >= 0.3 is 0 Å². The van der Waals surface area contributed by atoms with Crippen molar-refractivity contribution in [2.75, 3.05) is 24.0 Å². The van der Waals surface area contributed by atoms with E-state index in [-0.39, 0.29) is 10.3 Å². The summed E-state index contributed by atoms with van der Waals surface area (Å²) in [6.07, 6.45) is 7.35. The van der Waals surface area contributed by atoms with Crippen LogP contribution in [-0.4, -0.2) is 32.1 Å². The van der Waals surface area contributed by atoms with Crippen molar-refractivity contribution in [1.29, 1.82) is 0 Å². The lowest BCUT2D eigenvalue weighted by molar-refractivity contribution is 0.368. The molecule has 0 aromatic carbocycles. The van der Waals surface area contributed by atoms with Crippen LogP contribution in [0.25, 0.3) is 0 Å². The van der Waals surface area contributed by atoms with Crippen molar-refractivity contribution in [3.8, 4) is 0 Å². The Morgan fingerprint density at radius 2 is 2.11 bits per heavy atom. The Hall–Kier alpha value is -0.810. The molecule has 1 aromatic heterocycles. The van der Waals surface area contributed by atoms with Crippen molar-refractivity contribution in [3.05, 3.63) is 18.3 Å². The van der Waals surface area contributed by atoms with Gasteiger partial charge in [0.05, 0.1) is 0 Å². The lowest BCUT2D eigenvalue weighted by Crippen LogP contribution is -2.29. The van der Waals surface area contributed by atoms with Crippen molar-refractivity contribution < 1.29 is 8.42 Å². The molecule has 0 aliphatic heterocycles. The van der Waals surface area contributed by atoms with Crippen LogP contribution in [0.15, 0.2) is 23.2 Å². The molecule has 0 spiro atoms. The number of rotatable bonds is 5. The molecule has 0 radical (unpaired) electrons. The van der Waals surface area contributed by atoms with Crippen LogP contribution in [0.4, 0.5) is 5.82 Å². The Labute approximate surface area is 119 Å². The van der Waals surface area contributed by atoms with Gasteiger partial charge in [0.2, 0.25) is 0 Å². The topological polar surface area (TPSA) is 59.1 Å². The van der Waals surface area contributed by atoms with Crippen LogP contribution in [0.3, 0.4) is 0 Å². The third kappa shape index (κ3) is 3.39. The smallest absolute Gasteiger partial charge is 0.179 e. The summed E-state index contributed by atoms with van der Waals surface area (Å²) in [7, 11) is -3.26. The second kappa shape index (κ2) is 5.67. The molecule has 106 valence electrons. The number of sulfone groups is 1. The fourth-order valence-electron chi connectivity index (χ4n) is 2.58. The Balaban J connectivity index is 2.16. The number of halogens is 1. The van der Waals surface area contributed by atoms with E-state index in [1.54, 1.807) is 18.3 Å². The lowest BCUT2D eigenvalue weighted by Gasteiger charge is -2.27. The summed E-state index contributed by atoms with van der Waals surface area (Å²) >= 11 is 6.08. The van der Waals surface area contributed by atoms with Gasteiger partial charge in [-0.2, -0.15) is 0 Å². The number of alkyl halides is 1. The van der Waals surface area contributed by atoms with Gasteiger partial charge < -0.3 is 5.32 Å². The van der Waals surface area contributed by atoms with Gasteiger partial charge in [-0.05, 0) is 25.0 Å². The number of pyridine rings is 1. The van der Waals surface area contributed by atoms with Gasteiger partial charge in [-0.3, -0.25) is 0 Å². The average molecular weight is 303 g/mol. The van der Waals surface area contributed by atoms with E-state index in [2.05, 4.69) is 10.3 Å². The SMILES string of the molecule is CS(=O)(=O)c1cccnc1NCC1(CCl)CCCC1. The molecule has 0 unspecified atom stereocenters. The molecule has 6 heteroatoms. The van der Waals surface area contributed by atoms with Crippen molar-refractivity contribution in [3.63, 3.8) is 0 Å². The molecule has 1 N–H and O–H groups in total. The second-order valence-electron chi connectivity index (χ2n) is 5.32. The van der Waals surface area contributed by atoms with E-state index in [1.807, 2.05) is 0 Å². The zero-order chi connectivity index (χ0) is 13.9. The highest BCUT2D eigenvalue weighted by Gasteiger charge is 2.33. The number of hydrogen-bond donors (Lipinski definition) is 1. The third-order valence-corrected chi connectivity index (χ3v) is 5.44. The van der Waals surface area contributed by atoms with Gasteiger partial charge in [0.25, 0.3) is 0 Å².